The van der Waals surface area contributed by atoms with Gasteiger partial charge in [0.25, 0.3) is 5.91 Å². The Morgan fingerprint density at radius 2 is 1.63 bits per heavy atom. The molecule has 0 unspecified atom stereocenters. The van der Waals surface area contributed by atoms with Crippen LogP contribution >= 0.6 is 11.6 Å². The van der Waals surface area contributed by atoms with E-state index in [2.05, 4.69) is 5.32 Å². The Morgan fingerprint density at radius 1 is 0.943 bits per heavy atom. The predicted molar refractivity (Wildman–Crippen MR) is 138 cm³/mol. The maximum absolute atomic E-state index is 13.6. The summed E-state index contributed by atoms with van der Waals surface area (Å²) in [6.45, 7) is 3.75. The standard InChI is InChI=1S/C28H31ClN2O4/c1-20(2)30-28(33)25(17-21-10-5-4-6-11-21)31(18-22-12-9-13-23(16-22)34-3)27(32)19-35-26-15-8-7-14-24(26)29/h4-16,20,25H,17-19H2,1-3H3,(H,30,33)/t25-/m0/s1. The number of hydrogen-bond donors (Lipinski definition) is 1. The number of carbonyl (C=O) groups excluding carboxylic acids is 2. The summed E-state index contributed by atoms with van der Waals surface area (Å²) in [5.41, 5.74) is 1.79. The number of nitrogens with one attached hydrogen (secondary N) is 1. The van der Waals surface area contributed by atoms with Gasteiger partial charge in [-0.3, -0.25) is 9.59 Å². The number of methoxy groups -OCH3 is 1. The second kappa shape index (κ2) is 12.8. The van der Waals surface area contributed by atoms with Crippen molar-refractivity contribution in [2.24, 2.45) is 0 Å². The first-order valence-electron chi connectivity index (χ1n) is 11.5. The van der Waals surface area contributed by atoms with Gasteiger partial charge in [0.15, 0.2) is 6.61 Å². The lowest BCUT2D eigenvalue weighted by atomic mass is 10.0. The molecule has 7 heteroatoms. The highest BCUT2D eigenvalue weighted by molar-refractivity contribution is 6.32. The van der Waals surface area contributed by atoms with Gasteiger partial charge >= 0.3 is 0 Å². The molecule has 0 saturated heterocycles. The van der Waals surface area contributed by atoms with E-state index in [1.165, 1.54) is 0 Å². The van der Waals surface area contributed by atoms with Crippen molar-refractivity contribution in [3.8, 4) is 11.5 Å². The molecule has 0 fully saturated rings. The maximum Gasteiger partial charge on any atom is 0.261 e. The highest BCUT2D eigenvalue weighted by atomic mass is 35.5. The zero-order valence-corrected chi connectivity index (χ0v) is 21.0. The summed E-state index contributed by atoms with van der Waals surface area (Å²) in [5.74, 6) is 0.536. The number of halogens is 1. The molecule has 1 atom stereocenters. The summed E-state index contributed by atoms with van der Waals surface area (Å²) in [7, 11) is 1.59. The minimum absolute atomic E-state index is 0.0751. The fourth-order valence-corrected chi connectivity index (χ4v) is 3.88. The molecule has 0 heterocycles. The van der Waals surface area contributed by atoms with E-state index in [0.29, 0.717) is 22.9 Å². The van der Waals surface area contributed by atoms with Crippen LogP contribution in [0.1, 0.15) is 25.0 Å². The van der Waals surface area contributed by atoms with E-state index in [9.17, 15) is 9.59 Å². The van der Waals surface area contributed by atoms with Gasteiger partial charge in [0.2, 0.25) is 5.91 Å². The molecule has 0 aliphatic heterocycles. The van der Waals surface area contributed by atoms with Crippen LogP contribution in [0.2, 0.25) is 5.02 Å². The molecule has 0 aromatic heterocycles. The molecule has 35 heavy (non-hydrogen) atoms. The minimum atomic E-state index is -0.742. The summed E-state index contributed by atoms with van der Waals surface area (Å²) < 4.78 is 11.1. The van der Waals surface area contributed by atoms with Gasteiger partial charge in [-0.05, 0) is 49.2 Å². The Kier molecular flexibility index (Phi) is 9.56. The third kappa shape index (κ3) is 7.76. The van der Waals surface area contributed by atoms with Gasteiger partial charge in [0.1, 0.15) is 17.5 Å². The lowest BCUT2D eigenvalue weighted by Gasteiger charge is -2.32. The number of benzene rings is 3. The number of hydrogen-bond acceptors (Lipinski definition) is 4. The Hall–Kier alpha value is -3.51. The van der Waals surface area contributed by atoms with Crippen molar-refractivity contribution in [1.82, 2.24) is 10.2 Å². The van der Waals surface area contributed by atoms with Crippen LogP contribution in [-0.4, -0.2) is 42.5 Å². The van der Waals surface area contributed by atoms with Crippen LogP contribution in [0, 0.1) is 0 Å². The van der Waals surface area contributed by atoms with Crippen LogP contribution < -0.4 is 14.8 Å². The average Bonchev–Trinajstić information content (AvgIpc) is 2.85. The highest BCUT2D eigenvalue weighted by Crippen LogP contribution is 2.24. The van der Waals surface area contributed by atoms with E-state index in [4.69, 9.17) is 21.1 Å². The molecule has 0 aliphatic carbocycles. The van der Waals surface area contributed by atoms with Crippen molar-refractivity contribution in [2.75, 3.05) is 13.7 Å². The number of nitrogens with zero attached hydrogens (tertiary/aromatic N) is 1. The van der Waals surface area contributed by atoms with Gasteiger partial charge in [0, 0.05) is 19.0 Å². The van der Waals surface area contributed by atoms with E-state index in [1.54, 1.807) is 36.3 Å². The van der Waals surface area contributed by atoms with E-state index >= 15 is 0 Å². The Labute approximate surface area is 211 Å². The minimum Gasteiger partial charge on any atom is -0.497 e. The smallest absolute Gasteiger partial charge is 0.261 e. The van der Waals surface area contributed by atoms with Crippen molar-refractivity contribution >= 4 is 23.4 Å². The Balaban J connectivity index is 1.93. The maximum atomic E-state index is 13.6. The summed E-state index contributed by atoms with van der Waals surface area (Å²) in [6.07, 6.45) is 0.362. The zero-order valence-electron chi connectivity index (χ0n) is 20.2. The molecular formula is C28H31ClN2O4. The SMILES string of the molecule is COc1cccc(CN(C(=O)COc2ccccc2Cl)[C@@H](Cc2ccccc2)C(=O)NC(C)C)c1. The molecule has 3 aromatic rings. The summed E-state index contributed by atoms with van der Waals surface area (Å²) in [6, 6.07) is 23.3. The number of rotatable bonds is 11. The second-order valence-electron chi connectivity index (χ2n) is 8.46. The van der Waals surface area contributed by atoms with Gasteiger partial charge < -0.3 is 19.7 Å². The van der Waals surface area contributed by atoms with Gasteiger partial charge in [0.05, 0.1) is 12.1 Å². The molecule has 0 aliphatic rings. The average molecular weight is 495 g/mol. The second-order valence-corrected chi connectivity index (χ2v) is 8.87. The van der Waals surface area contributed by atoms with E-state index in [1.807, 2.05) is 68.4 Å². The topological polar surface area (TPSA) is 67.9 Å². The summed E-state index contributed by atoms with van der Waals surface area (Å²) >= 11 is 6.20. The highest BCUT2D eigenvalue weighted by Gasteiger charge is 2.31. The molecule has 1 N–H and O–H groups in total. The van der Waals surface area contributed by atoms with Crippen molar-refractivity contribution in [2.45, 2.75) is 38.9 Å². The third-order valence-corrected chi connectivity index (χ3v) is 5.69. The molecule has 0 spiro atoms. The fraction of sp³-hybridized carbons (Fsp3) is 0.286. The third-order valence-electron chi connectivity index (χ3n) is 5.38. The molecule has 0 saturated carbocycles. The van der Waals surface area contributed by atoms with Crippen LogP contribution in [0.4, 0.5) is 0 Å². The molecule has 0 bridgehead atoms. The first-order chi connectivity index (χ1) is 16.9. The molecule has 3 rings (SSSR count). The van der Waals surface area contributed by atoms with Crippen molar-refractivity contribution in [3.05, 3.63) is 95.0 Å². The predicted octanol–water partition coefficient (Wildman–Crippen LogP) is 4.89. The molecular weight excluding hydrogens is 464 g/mol. The van der Waals surface area contributed by atoms with Crippen LogP contribution in [0.25, 0.3) is 0 Å². The largest absolute Gasteiger partial charge is 0.497 e. The monoisotopic (exact) mass is 494 g/mol. The lowest BCUT2D eigenvalue weighted by molar-refractivity contribution is -0.143. The van der Waals surface area contributed by atoms with Crippen LogP contribution in [-0.2, 0) is 22.6 Å². The quantitative estimate of drug-likeness (QED) is 0.412. The van der Waals surface area contributed by atoms with Crippen LogP contribution in [0.3, 0.4) is 0 Å². The molecule has 2 amide bonds. The number of para-hydroxylation sites is 1. The summed E-state index contributed by atoms with van der Waals surface area (Å²) in [5, 5.41) is 3.39. The fourth-order valence-electron chi connectivity index (χ4n) is 3.69. The Bertz CT molecular complexity index is 1120. The molecule has 0 radical (unpaired) electrons. The van der Waals surface area contributed by atoms with Gasteiger partial charge in [-0.25, -0.2) is 0 Å². The van der Waals surface area contributed by atoms with Gasteiger partial charge in [-0.1, -0.05) is 66.2 Å². The van der Waals surface area contributed by atoms with Gasteiger partial charge in [-0.15, -0.1) is 0 Å². The first-order valence-corrected chi connectivity index (χ1v) is 11.9. The number of ether oxygens (including phenoxy) is 2. The van der Waals surface area contributed by atoms with E-state index in [0.717, 1.165) is 11.1 Å². The van der Waals surface area contributed by atoms with Crippen LogP contribution in [0.15, 0.2) is 78.9 Å². The van der Waals surface area contributed by atoms with Crippen molar-refractivity contribution in [1.29, 1.82) is 0 Å². The molecule has 184 valence electrons. The van der Waals surface area contributed by atoms with Gasteiger partial charge in [-0.2, -0.15) is 0 Å². The zero-order chi connectivity index (χ0) is 25.2. The summed E-state index contributed by atoms with van der Waals surface area (Å²) in [4.78, 5) is 28.5. The number of carbonyl (C=O) groups is 2. The normalized spacial score (nSPS) is 11.6. The van der Waals surface area contributed by atoms with Crippen LogP contribution in [0.5, 0.6) is 11.5 Å². The molecule has 3 aromatic carbocycles. The Morgan fingerprint density at radius 3 is 2.31 bits per heavy atom. The lowest BCUT2D eigenvalue weighted by Crippen LogP contribution is -2.52. The van der Waals surface area contributed by atoms with E-state index < -0.39 is 6.04 Å². The molecule has 6 nitrogen and oxygen atoms in total. The first kappa shape index (κ1) is 26.1. The number of amides is 2. The van der Waals surface area contributed by atoms with Crippen molar-refractivity contribution < 1.29 is 19.1 Å². The van der Waals surface area contributed by atoms with Crippen molar-refractivity contribution in [3.63, 3.8) is 0 Å². The van der Waals surface area contributed by atoms with E-state index in [-0.39, 0.29) is 31.0 Å².